The van der Waals surface area contributed by atoms with Crippen LogP contribution in [0.2, 0.25) is 0 Å². The number of benzene rings is 1. The van der Waals surface area contributed by atoms with E-state index in [2.05, 4.69) is 16.8 Å². The van der Waals surface area contributed by atoms with E-state index in [1.165, 1.54) is 6.07 Å². The highest BCUT2D eigenvalue weighted by molar-refractivity contribution is 5.61. The van der Waals surface area contributed by atoms with Crippen molar-refractivity contribution in [3.8, 4) is 0 Å². The van der Waals surface area contributed by atoms with E-state index >= 15 is 0 Å². The average molecular weight is 278 g/mol. The summed E-state index contributed by atoms with van der Waals surface area (Å²) in [4.78, 5) is 20.1. The van der Waals surface area contributed by atoms with Crippen molar-refractivity contribution in [2.45, 2.75) is 26.3 Å². The molecule has 0 bridgehead atoms. The van der Waals surface area contributed by atoms with Crippen molar-refractivity contribution in [1.82, 2.24) is 0 Å². The molecule has 0 heterocycles. The second-order valence-corrected chi connectivity index (χ2v) is 4.73. The summed E-state index contributed by atoms with van der Waals surface area (Å²) >= 11 is 0. The van der Waals surface area contributed by atoms with Gasteiger partial charge in [-0.05, 0) is 26.8 Å². The topological polar surface area (TPSA) is 111 Å². The molecule has 0 aliphatic rings. The number of rotatable bonds is 5. The van der Waals surface area contributed by atoms with Gasteiger partial charge in [0.2, 0.25) is 0 Å². The van der Waals surface area contributed by atoms with Gasteiger partial charge in [-0.1, -0.05) is 12.2 Å². The second-order valence-electron chi connectivity index (χ2n) is 4.73. The highest BCUT2D eigenvalue weighted by atomic mass is 16.6. The molecule has 0 aromatic heterocycles. The molecule has 0 aliphatic heterocycles. The summed E-state index contributed by atoms with van der Waals surface area (Å²) in [7, 11) is 0. The lowest BCUT2D eigenvalue weighted by molar-refractivity contribution is -0.393. The maximum atomic E-state index is 10.9. The maximum absolute atomic E-state index is 10.9. The number of hydrogen-bond acceptors (Lipinski definition) is 6. The van der Waals surface area contributed by atoms with E-state index < -0.39 is 21.1 Å². The Labute approximate surface area is 115 Å². The quantitative estimate of drug-likeness (QED) is 0.351. The number of nitrogens with zero attached hydrogens (tertiary/aromatic N) is 4. The van der Waals surface area contributed by atoms with E-state index in [1.54, 1.807) is 20.8 Å². The monoisotopic (exact) mass is 278 g/mol. The molecule has 0 spiro atoms. The van der Waals surface area contributed by atoms with Gasteiger partial charge in [-0.3, -0.25) is 20.2 Å². The molecule has 0 atom stereocenters. The third-order valence-corrected chi connectivity index (χ3v) is 2.82. The Morgan fingerprint density at radius 1 is 1.25 bits per heavy atom. The molecule has 0 aliphatic carbocycles. The molecule has 0 saturated heterocycles. The lowest BCUT2D eigenvalue weighted by atomic mass is 9.99. The first kappa shape index (κ1) is 15.4. The van der Waals surface area contributed by atoms with Gasteiger partial charge >= 0.3 is 5.69 Å². The smallest absolute Gasteiger partial charge is 0.258 e. The van der Waals surface area contributed by atoms with Gasteiger partial charge in [-0.25, -0.2) is 0 Å². The molecule has 0 amide bonds. The Balaban J connectivity index is 3.26. The van der Waals surface area contributed by atoms with E-state index in [1.807, 2.05) is 0 Å². The molecule has 20 heavy (non-hydrogen) atoms. The third kappa shape index (κ3) is 3.44. The summed E-state index contributed by atoms with van der Waals surface area (Å²) in [6.07, 6.45) is 0. The van der Waals surface area contributed by atoms with Gasteiger partial charge in [0.25, 0.3) is 5.69 Å². The summed E-state index contributed by atoms with van der Waals surface area (Å²) in [5.74, 6) is 0. The van der Waals surface area contributed by atoms with E-state index in [-0.39, 0.29) is 11.4 Å². The molecule has 1 aromatic rings. The number of azo groups is 1. The molecule has 0 radical (unpaired) electrons. The highest BCUT2D eigenvalue weighted by Crippen LogP contribution is 2.32. The zero-order valence-corrected chi connectivity index (χ0v) is 11.4. The van der Waals surface area contributed by atoms with Crippen molar-refractivity contribution >= 4 is 17.1 Å². The largest absolute Gasteiger partial charge is 0.303 e. The first-order valence-corrected chi connectivity index (χ1v) is 5.67. The van der Waals surface area contributed by atoms with E-state index in [9.17, 15) is 20.2 Å². The molecule has 106 valence electrons. The van der Waals surface area contributed by atoms with Gasteiger partial charge < -0.3 is 0 Å². The summed E-state index contributed by atoms with van der Waals surface area (Å²) < 4.78 is 0. The zero-order chi connectivity index (χ0) is 15.5. The first-order valence-electron chi connectivity index (χ1n) is 5.67. The van der Waals surface area contributed by atoms with Crippen LogP contribution in [0.15, 0.2) is 40.6 Å². The average Bonchev–Trinajstić information content (AvgIpc) is 2.35. The van der Waals surface area contributed by atoms with Crippen LogP contribution in [0.3, 0.4) is 0 Å². The number of nitro benzene ring substituents is 2. The van der Waals surface area contributed by atoms with Crippen LogP contribution in [0.25, 0.3) is 0 Å². The number of non-ortho nitro benzene ring substituents is 1. The Bertz CT molecular complexity index is 607. The molecule has 0 unspecified atom stereocenters. The fourth-order valence-corrected chi connectivity index (χ4v) is 1.12. The van der Waals surface area contributed by atoms with Crippen LogP contribution in [0, 0.1) is 20.2 Å². The van der Waals surface area contributed by atoms with Gasteiger partial charge in [0.15, 0.2) is 5.69 Å². The van der Waals surface area contributed by atoms with Crippen LogP contribution in [0.1, 0.15) is 20.8 Å². The van der Waals surface area contributed by atoms with Crippen LogP contribution in [-0.2, 0) is 0 Å². The molecule has 0 saturated carbocycles. The minimum atomic E-state index is -0.727. The summed E-state index contributed by atoms with van der Waals surface area (Å²) in [6, 6.07) is 3.21. The van der Waals surface area contributed by atoms with Gasteiger partial charge in [-0.2, -0.15) is 5.11 Å². The van der Waals surface area contributed by atoms with E-state index in [0.717, 1.165) is 17.7 Å². The maximum Gasteiger partial charge on any atom is 0.303 e. The van der Waals surface area contributed by atoms with Crippen LogP contribution in [0.4, 0.5) is 17.1 Å². The fraction of sp³-hybridized carbons (Fsp3) is 0.333. The summed E-state index contributed by atoms with van der Waals surface area (Å²) in [5.41, 5.74) is -0.786. The predicted molar refractivity (Wildman–Crippen MR) is 73.2 cm³/mol. The first-order chi connectivity index (χ1) is 9.15. The molecule has 0 fully saturated rings. The van der Waals surface area contributed by atoms with Gasteiger partial charge in [0.1, 0.15) is 0 Å². The Morgan fingerprint density at radius 3 is 2.30 bits per heavy atom. The molecule has 8 nitrogen and oxygen atoms in total. The standard InChI is InChI=1S/C12H14N4O4/c1-8(2)12(3,4)14-13-10-6-5-9(15(17)18)7-11(10)16(19)20/h5-7H,1H2,2-4H3. The summed E-state index contributed by atoms with van der Waals surface area (Å²) in [5, 5.41) is 29.3. The molecule has 0 N–H and O–H groups in total. The molecular formula is C12H14N4O4. The lowest BCUT2D eigenvalue weighted by Crippen LogP contribution is -2.16. The third-order valence-electron chi connectivity index (χ3n) is 2.82. The van der Waals surface area contributed by atoms with Crippen molar-refractivity contribution < 1.29 is 9.85 Å². The summed E-state index contributed by atoms with van der Waals surface area (Å²) in [6.45, 7) is 9.04. The minimum Gasteiger partial charge on any atom is -0.258 e. The Hall–Kier alpha value is -2.64. The van der Waals surface area contributed by atoms with Crippen LogP contribution in [0.5, 0.6) is 0 Å². The van der Waals surface area contributed by atoms with E-state index in [0.29, 0.717) is 0 Å². The molecule has 1 aromatic carbocycles. The van der Waals surface area contributed by atoms with Gasteiger partial charge in [0, 0.05) is 6.07 Å². The van der Waals surface area contributed by atoms with Crippen LogP contribution >= 0.6 is 0 Å². The zero-order valence-electron chi connectivity index (χ0n) is 11.4. The van der Waals surface area contributed by atoms with E-state index in [4.69, 9.17) is 0 Å². The fourth-order valence-electron chi connectivity index (χ4n) is 1.12. The van der Waals surface area contributed by atoms with Crippen molar-refractivity contribution in [2.75, 3.05) is 0 Å². The number of hydrogen-bond donors (Lipinski definition) is 0. The van der Waals surface area contributed by atoms with Crippen molar-refractivity contribution in [2.24, 2.45) is 10.2 Å². The number of nitro groups is 2. The molecule has 8 heteroatoms. The van der Waals surface area contributed by atoms with Gasteiger partial charge in [-0.15, -0.1) is 5.11 Å². The van der Waals surface area contributed by atoms with Gasteiger partial charge in [0.05, 0.1) is 21.5 Å². The second kappa shape index (κ2) is 5.55. The van der Waals surface area contributed by atoms with Crippen molar-refractivity contribution in [3.05, 3.63) is 50.6 Å². The van der Waals surface area contributed by atoms with Crippen LogP contribution < -0.4 is 0 Å². The van der Waals surface area contributed by atoms with Crippen molar-refractivity contribution in [1.29, 1.82) is 0 Å². The Kier molecular flexibility index (Phi) is 4.28. The normalized spacial score (nSPS) is 11.6. The SMILES string of the molecule is C=C(C)C(C)(C)N=Nc1ccc([N+](=O)[O-])cc1[N+](=O)[O-]. The Morgan fingerprint density at radius 2 is 1.85 bits per heavy atom. The van der Waals surface area contributed by atoms with Crippen LogP contribution in [-0.4, -0.2) is 15.4 Å². The highest BCUT2D eigenvalue weighted by Gasteiger charge is 2.21. The molecule has 1 rings (SSSR count). The van der Waals surface area contributed by atoms with Crippen molar-refractivity contribution in [3.63, 3.8) is 0 Å². The predicted octanol–water partition coefficient (Wildman–Crippen LogP) is 3.94. The minimum absolute atomic E-state index is 0.0325. The molecular weight excluding hydrogens is 264 g/mol. The lowest BCUT2D eigenvalue weighted by Gasteiger charge is -2.17.